The monoisotopic (exact) mass is 382 g/mol. The highest BCUT2D eigenvalue weighted by Crippen LogP contribution is 2.26. The van der Waals surface area contributed by atoms with Crippen molar-refractivity contribution in [1.82, 2.24) is 10.3 Å². The molecule has 0 radical (unpaired) electrons. The van der Waals surface area contributed by atoms with Crippen LogP contribution in [0, 0.1) is 6.92 Å². The summed E-state index contributed by atoms with van der Waals surface area (Å²) in [6, 6.07) is 13.9. The Bertz CT molecular complexity index is 760. The highest BCUT2D eigenvalue weighted by molar-refractivity contribution is 6.31. The summed E-state index contributed by atoms with van der Waals surface area (Å²) in [5.74, 6) is 1.73. The van der Waals surface area contributed by atoms with Gasteiger partial charge in [-0.15, -0.1) is 0 Å². The lowest BCUT2D eigenvalue weighted by Gasteiger charge is -2.03. The summed E-state index contributed by atoms with van der Waals surface area (Å²) in [5, 5.41) is 4.10. The third-order valence-corrected chi connectivity index (χ3v) is 3.88. The average Bonchev–Trinajstić information content (AvgIpc) is 3.00. The van der Waals surface area contributed by atoms with Crippen molar-refractivity contribution in [3.8, 4) is 11.3 Å². The van der Waals surface area contributed by atoms with E-state index in [1.54, 1.807) is 6.20 Å². The van der Waals surface area contributed by atoms with Crippen molar-refractivity contribution in [2.24, 2.45) is 0 Å². The molecule has 128 valence electrons. The van der Waals surface area contributed by atoms with Gasteiger partial charge in [-0.25, -0.2) is 0 Å². The van der Waals surface area contributed by atoms with Crippen LogP contribution in [0.5, 0.6) is 0 Å². The Morgan fingerprint density at radius 1 is 1.08 bits per heavy atom. The molecule has 1 aromatic carbocycles. The molecule has 0 saturated heterocycles. The number of hydrogen-bond donors (Lipinski definition) is 1. The first-order valence-corrected chi connectivity index (χ1v) is 7.55. The average molecular weight is 384 g/mol. The molecule has 2 heterocycles. The number of halogens is 3. The van der Waals surface area contributed by atoms with Crippen LogP contribution >= 0.6 is 11.6 Å². The Hall–Kier alpha value is -1.52. The molecule has 3 rings (SSSR count). The maximum atomic E-state index is 6.16. The lowest BCUT2D eigenvalue weighted by atomic mass is 10.1. The SMILES string of the molecule is Cc1ccc(-c2ccc(CNCc3cccnc3)o2)cc1Cl.[Cl-].[Cl-]. The van der Waals surface area contributed by atoms with E-state index in [0.29, 0.717) is 6.54 Å². The molecule has 0 saturated carbocycles. The molecule has 0 atom stereocenters. The standard InChI is InChI=1S/C18H17ClN2O.2ClH/c1-13-4-5-15(9-17(13)19)18-7-6-16(22-18)12-21-11-14-3-2-8-20-10-14;;/h2-10,21H,11-12H2,1H3;2*1H/p-2. The summed E-state index contributed by atoms with van der Waals surface area (Å²) in [6.07, 6.45) is 3.63. The van der Waals surface area contributed by atoms with E-state index in [9.17, 15) is 0 Å². The summed E-state index contributed by atoms with van der Waals surface area (Å²) < 4.78 is 5.87. The third kappa shape index (κ3) is 5.25. The van der Waals surface area contributed by atoms with Gasteiger partial charge in [-0.3, -0.25) is 4.98 Å². The normalized spacial score (nSPS) is 9.92. The Balaban J connectivity index is 0.00000144. The Morgan fingerprint density at radius 2 is 1.92 bits per heavy atom. The predicted octanol–water partition coefficient (Wildman–Crippen LogP) is -1.40. The molecule has 0 unspecified atom stereocenters. The van der Waals surface area contributed by atoms with E-state index in [1.165, 1.54) is 0 Å². The molecule has 0 bridgehead atoms. The van der Waals surface area contributed by atoms with Crippen molar-refractivity contribution in [2.75, 3.05) is 0 Å². The largest absolute Gasteiger partial charge is 1.00 e. The first-order chi connectivity index (χ1) is 10.7. The van der Waals surface area contributed by atoms with Crippen molar-refractivity contribution in [3.05, 3.63) is 76.8 Å². The van der Waals surface area contributed by atoms with E-state index in [-0.39, 0.29) is 24.8 Å². The highest BCUT2D eigenvalue weighted by Gasteiger charge is 2.06. The molecule has 0 aliphatic heterocycles. The number of furan rings is 1. The van der Waals surface area contributed by atoms with Gasteiger partial charge < -0.3 is 34.5 Å². The van der Waals surface area contributed by atoms with Crippen LogP contribution in [0.15, 0.2) is 59.3 Å². The van der Waals surface area contributed by atoms with Crippen LogP contribution in [0.4, 0.5) is 0 Å². The van der Waals surface area contributed by atoms with Crippen LogP contribution in [-0.4, -0.2) is 4.98 Å². The molecule has 24 heavy (non-hydrogen) atoms. The van der Waals surface area contributed by atoms with Gasteiger partial charge in [0.1, 0.15) is 11.5 Å². The molecule has 0 spiro atoms. The van der Waals surface area contributed by atoms with Crippen molar-refractivity contribution < 1.29 is 29.2 Å². The molecular weight excluding hydrogens is 367 g/mol. The van der Waals surface area contributed by atoms with Crippen LogP contribution in [0.1, 0.15) is 16.9 Å². The predicted molar refractivity (Wildman–Crippen MR) is 88.7 cm³/mol. The lowest BCUT2D eigenvalue weighted by molar-refractivity contribution is -0.001000. The number of pyridine rings is 1. The van der Waals surface area contributed by atoms with Crippen molar-refractivity contribution >= 4 is 11.6 Å². The molecule has 2 aromatic heterocycles. The van der Waals surface area contributed by atoms with Crippen LogP contribution < -0.4 is 30.1 Å². The minimum Gasteiger partial charge on any atom is -1.00 e. The summed E-state index contributed by atoms with van der Waals surface area (Å²) in [7, 11) is 0. The van der Waals surface area contributed by atoms with Gasteiger partial charge in [0.15, 0.2) is 0 Å². The number of aryl methyl sites for hydroxylation is 1. The van der Waals surface area contributed by atoms with Gasteiger partial charge in [0.05, 0.1) is 6.54 Å². The Labute approximate surface area is 159 Å². The summed E-state index contributed by atoms with van der Waals surface area (Å²) >= 11 is 6.16. The minimum absolute atomic E-state index is 0. The molecule has 0 aliphatic carbocycles. The van der Waals surface area contributed by atoms with E-state index in [2.05, 4.69) is 10.3 Å². The molecule has 6 heteroatoms. The van der Waals surface area contributed by atoms with Crippen molar-refractivity contribution in [3.63, 3.8) is 0 Å². The van der Waals surface area contributed by atoms with Gasteiger partial charge in [0.2, 0.25) is 0 Å². The maximum Gasteiger partial charge on any atom is 0.134 e. The van der Waals surface area contributed by atoms with Gasteiger partial charge >= 0.3 is 0 Å². The zero-order chi connectivity index (χ0) is 15.4. The van der Waals surface area contributed by atoms with E-state index >= 15 is 0 Å². The van der Waals surface area contributed by atoms with E-state index in [1.807, 2.05) is 55.6 Å². The summed E-state index contributed by atoms with van der Waals surface area (Å²) in [5.41, 5.74) is 3.21. The number of hydrogen-bond acceptors (Lipinski definition) is 3. The summed E-state index contributed by atoms with van der Waals surface area (Å²) in [4.78, 5) is 4.09. The number of nitrogens with one attached hydrogen (secondary N) is 1. The number of aromatic nitrogens is 1. The second-order valence-corrected chi connectivity index (χ2v) is 5.60. The van der Waals surface area contributed by atoms with Gasteiger partial charge in [0, 0.05) is 29.5 Å². The fourth-order valence-electron chi connectivity index (χ4n) is 2.21. The van der Waals surface area contributed by atoms with Crippen LogP contribution in [0.3, 0.4) is 0 Å². The zero-order valence-electron chi connectivity index (χ0n) is 13.1. The molecule has 0 fully saturated rings. The Kier molecular flexibility index (Phi) is 8.29. The number of benzene rings is 1. The number of nitrogens with zero attached hydrogens (tertiary/aromatic N) is 1. The minimum atomic E-state index is 0. The van der Waals surface area contributed by atoms with Gasteiger partial charge in [-0.2, -0.15) is 0 Å². The van der Waals surface area contributed by atoms with Crippen LogP contribution in [-0.2, 0) is 13.1 Å². The molecular formula is C18H17Cl3N2O-2. The van der Waals surface area contributed by atoms with Crippen molar-refractivity contribution in [2.45, 2.75) is 20.0 Å². The third-order valence-electron chi connectivity index (χ3n) is 3.47. The van der Waals surface area contributed by atoms with Crippen LogP contribution in [0.25, 0.3) is 11.3 Å². The quantitative estimate of drug-likeness (QED) is 0.589. The van der Waals surface area contributed by atoms with E-state index in [0.717, 1.165) is 39.8 Å². The second-order valence-electron chi connectivity index (χ2n) is 5.19. The van der Waals surface area contributed by atoms with Crippen molar-refractivity contribution in [1.29, 1.82) is 0 Å². The number of rotatable bonds is 5. The van der Waals surface area contributed by atoms with Gasteiger partial charge in [-0.1, -0.05) is 29.8 Å². The summed E-state index contributed by atoms with van der Waals surface area (Å²) in [6.45, 7) is 3.43. The van der Waals surface area contributed by atoms with E-state index in [4.69, 9.17) is 16.0 Å². The molecule has 3 aromatic rings. The smallest absolute Gasteiger partial charge is 0.134 e. The first kappa shape index (κ1) is 20.5. The van der Waals surface area contributed by atoms with E-state index < -0.39 is 0 Å². The van der Waals surface area contributed by atoms with Gasteiger partial charge in [-0.05, 0) is 42.3 Å². The fraction of sp³-hybridized carbons (Fsp3) is 0.167. The van der Waals surface area contributed by atoms with Gasteiger partial charge in [0.25, 0.3) is 0 Å². The fourth-order valence-corrected chi connectivity index (χ4v) is 2.39. The first-order valence-electron chi connectivity index (χ1n) is 7.17. The molecule has 0 aliphatic rings. The topological polar surface area (TPSA) is 38.1 Å². The second kappa shape index (κ2) is 9.70. The molecule has 1 N–H and O–H groups in total. The highest BCUT2D eigenvalue weighted by atomic mass is 35.5. The molecule has 0 amide bonds. The molecule has 3 nitrogen and oxygen atoms in total. The Morgan fingerprint density at radius 3 is 2.62 bits per heavy atom. The maximum absolute atomic E-state index is 6.16. The van der Waals surface area contributed by atoms with Crippen LogP contribution in [0.2, 0.25) is 5.02 Å². The zero-order valence-corrected chi connectivity index (χ0v) is 15.4. The lowest BCUT2D eigenvalue weighted by Crippen LogP contribution is -3.00.